The van der Waals surface area contributed by atoms with Crippen molar-refractivity contribution in [1.82, 2.24) is 10.2 Å². The predicted molar refractivity (Wildman–Crippen MR) is 112 cm³/mol. The molecule has 0 bridgehead atoms. The fraction of sp³-hybridized carbons (Fsp3) is 0.429. The van der Waals surface area contributed by atoms with Crippen LogP contribution in [-0.2, 0) is 6.18 Å². The Labute approximate surface area is 173 Å². The molecule has 1 fully saturated rings. The third-order valence-electron chi connectivity index (χ3n) is 5.41. The van der Waals surface area contributed by atoms with Gasteiger partial charge in [-0.05, 0) is 44.2 Å². The van der Waals surface area contributed by atoms with E-state index in [1.54, 1.807) is 6.07 Å². The highest BCUT2D eigenvalue weighted by Gasteiger charge is 2.37. The van der Waals surface area contributed by atoms with E-state index in [4.69, 9.17) is 0 Å². The summed E-state index contributed by atoms with van der Waals surface area (Å²) in [7, 11) is 1.94. The molecule has 0 radical (unpaired) electrons. The summed E-state index contributed by atoms with van der Waals surface area (Å²) in [6.45, 7) is 3.87. The van der Waals surface area contributed by atoms with E-state index in [-0.39, 0.29) is 11.7 Å². The molecule has 0 unspecified atom stereocenters. The van der Waals surface area contributed by atoms with Crippen molar-refractivity contribution in [1.29, 1.82) is 0 Å². The van der Waals surface area contributed by atoms with Gasteiger partial charge in [0, 0.05) is 47.7 Å². The first kappa shape index (κ1) is 20.4. The van der Waals surface area contributed by atoms with E-state index < -0.39 is 11.7 Å². The Bertz CT molecular complexity index is 863. The molecule has 2 aromatic carbocycles. The number of piperidine rings is 1. The summed E-state index contributed by atoms with van der Waals surface area (Å²) in [4.78, 5) is 3.93. The van der Waals surface area contributed by atoms with Crippen molar-refractivity contribution >= 4 is 28.8 Å². The van der Waals surface area contributed by atoms with Crippen LogP contribution < -0.4 is 16.0 Å². The number of nitrogens with one attached hydrogen (secondary N) is 3. The first-order chi connectivity index (χ1) is 13.9. The van der Waals surface area contributed by atoms with Crippen LogP contribution in [0.3, 0.4) is 0 Å². The van der Waals surface area contributed by atoms with Gasteiger partial charge in [0.25, 0.3) is 0 Å². The van der Waals surface area contributed by atoms with Crippen molar-refractivity contribution in [3.05, 3.63) is 42.0 Å². The molecule has 4 nitrogen and oxygen atoms in total. The smallest absolute Gasteiger partial charge is 0.382 e. The molecule has 0 amide bonds. The highest BCUT2D eigenvalue weighted by Crippen LogP contribution is 2.50. The molecule has 0 saturated carbocycles. The molecule has 0 atom stereocenters. The van der Waals surface area contributed by atoms with Gasteiger partial charge in [-0.15, -0.1) is 0 Å². The molecular weight excluding hydrogens is 397 g/mol. The summed E-state index contributed by atoms with van der Waals surface area (Å²) >= 11 is 1.38. The molecule has 2 aliphatic heterocycles. The third kappa shape index (κ3) is 4.65. The number of alkyl halides is 3. The summed E-state index contributed by atoms with van der Waals surface area (Å²) in [5.74, 6) is 0. The minimum atomic E-state index is -4.42. The average Bonchev–Trinajstić information content (AvgIpc) is 2.70. The molecule has 156 valence electrons. The van der Waals surface area contributed by atoms with Crippen LogP contribution >= 0.6 is 11.8 Å². The van der Waals surface area contributed by atoms with Gasteiger partial charge in [0.05, 0.1) is 16.9 Å². The van der Waals surface area contributed by atoms with E-state index in [9.17, 15) is 13.2 Å². The van der Waals surface area contributed by atoms with Crippen LogP contribution in [0.15, 0.2) is 46.2 Å². The van der Waals surface area contributed by atoms with Crippen molar-refractivity contribution in [2.45, 2.75) is 34.9 Å². The topological polar surface area (TPSA) is 39.3 Å². The van der Waals surface area contributed by atoms with Crippen molar-refractivity contribution in [3.8, 4) is 0 Å². The number of rotatable bonds is 5. The van der Waals surface area contributed by atoms with Gasteiger partial charge in [-0.1, -0.05) is 23.9 Å². The number of anilines is 3. The van der Waals surface area contributed by atoms with Gasteiger partial charge in [0.1, 0.15) is 0 Å². The zero-order valence-electron chi connectivity index (χ0n) is 16.3. The molecule has 0 aromatic heterocycles. The number of nitrogens with zero attached hydrogens (tertiary/aromatic N) is 1. The van der Waals surface area contributed by atoms with Crippen LogP contribution in [0.5, 0.6) is 0 Å². The monoisotopic (exact) mass is 422 g/mol. The number of likely N-dealkylation sites (N-methyl/N-ethyl adjacent to an activating group) is 1. The van der Waals surface area contributed by atoms with Gasteiger partial charge < -0.3 is 20.9 Å². The molecule has 2 aromatic rings. The third-order valence-corrected chi connectivity index (χ3v) is 6.53. The van der Waals surface area contributed by atoms with E-state index in [1.165, 1.54) is 17.8 Å². The van der Waals surface area contributed by atoms with Crippen LogP contribution in [-0.4, -0.2) is 44.2 Å². The minimum absolute atomic E-state index is 0.147. The van der Waals surface area contributed by atoms with Crippen LogP contribution in [0.4, 0.5) is 30.2 Å². The molecule has 4 rings (SSSR count). The molecule has 2 heterocycles. The van der Waals surface area contributed by atoms with Gasteiger partial charge >= 0.3 is 6.18 Å². The first-order valence-electron chi connectivity index (χ1n) is 9.86. The summed E-state index contributed by atoms with van der Waals surface area (Å²) in [6, 6.07) is 10.7. The van der Waals surface area contributed by atoms with Crippen LogP contribution in [0.2, 0.25) is 0 Å². The number of benzene rings is 2. The second-order valence-electron chi connectivity index (χ2n) is 7.48. The summed E-state index contributed by atoms with van der Waals surface area (Å²) in [5.41, 5.74) is 0.781. The number of para-hydroxylation sites is 1. The lowest BCUT2D eigenvalue weighted by atomic mass is 10.0. The SMILES string of the molecule is CNCCN1CCC(Nc2cc3c(c(C(F)(F)F)c2)Nc2ccccc2S3)CC1. The Balaban J connectivity index is 1.54. The maximum Gasteiger partial charge on any atom is 0.418 e. The maximum atomic E-state index is 13.8. The largest absolute Gasteiger partial charge is 0.418 e. The number of hydrogen-bond donors (Lipinski definition) is 3. The first-order valence-corrected chi connectivity index (χ1v) is 10.7. The number of hydrogen-bond acceptors (Lipinski definition) is 5. The molecule has 2 aliphatic rings. The summed E-state index contributed by atoms with van der Waals surface area (Å²) in [6.07, 6.45) is -2.56. The number of halogens is 3. The fourth-order valence-electron chi connectivity index (χ4n) is 3.85. The lowest BCUT2D eigenvalue weighted by Crippen LogP contribution is -2.41. The Kier molecular flexibility index (Phi) is 5.94. The molecular formula is C21H25F3N4S. The summed E-state index contributed by atoms with van der Waals surface area (Å²) < 4.78 is 41.4. The second kappa shape index (κ2) is 8.45. The second-order valence-corrected chi connectivity index (χ2v) is 8.57. The van der Waals surface area contributed by atoms with Crippen molar-refractivity contribution in [3.63, 3.8) is 0 Å². The highest BCUT2D eigenvalue weighted by molar-refractivity contribution is 7.99. The zero-order chi connectivity index (χ0) is 20.4. The van der Waals surface area contributed by atoms with Gasteiger partial charge in [0.15, 0.2) is 0 Å². The number of fused-ring (bicyclic) bond motifs is 2. The normalized spacial score (nSPS) is 17.4. The molecule has 3 N–H and O–H groups in total. The molecule has 8 heteroatoms. The van der Waals surface area contributed by atoms with Gasteiger partial charge in [0.2, 0.25) is 0 Å². The van der Waals surface area contributed by atoms with E-state index in [0.29, 0.717) is 16.3 Å². The van der Waals surface area contributed by atoms with E-state index in [2.05, 4.69) is 20.9 Å². The van der Waals surface area contributed by atoms with E-state index >= 15 is 0 Å². The number of likely N-dealkylation sites (tertiary alicyclic amines) is 1. The average molecular weight is 423 g/mol. The van der Waals surface area contributed by atoms with Gasteiger partial charge in [-0.2, -0.15) is 13.2 Å². The Morgan fingerprint density at radius 1 is 1.14 bits per heavy atom. The standard InChI is InChI=1S/C21H25F3N4S/c1-25-8-11-28-9-6-14(7-10-28)26-15-12-16(21(22,23)24)20-19(13-15)29-18-5-3-2-4-17(18)27-20/h2-5,12-14,25-27H,6-11H2,1H3. The van der Waals surface area contributed by atoms with Crippen LogP contribution in [0.25, 0.3) is 0 Å². The van der Waals surface area contributed by atoms with Crippen molar-refractivity contribution in [2.75, 3.05) is 43.9 Å². The predicted octanol–water partition coefficient (Wildman–Crippen LogP) is 5.01. The van der Waals surface area contributed by atoms with Crippen molar-refractivity contribution < 1.29 is 13.2 Å². The molecule has 0 spiro atoms. The highest BCUT2D eigenvalue weighted by atomic mass is 32.2. The van der Waals surface area contributed by atoms with Gasteiger partial charge in [-0.25, -0.2) is 0 Å². The Morgan fingerprint density at radius 2 is 1.90 bits per heavy atom. The quantitative estimate of drug-likeness (QED) is 0.539. The van der Waals surface area contributed by atoms with Crippen molar-refractivity contribution in [2.24, 2.45) is 0 Å². The van der Waals surface area contributed by atoms with E-state index in [0.717, 1.165) is 43.9 Å². The zero-order valence-corrected chi connectivity index (χ0v) is 17.1. The lowest BCUT2D eigenvalue weighted by molar-refractivity contribution is -0.137. The Morgan fingerprint density at radius 3 is 2.62 bits per heavy atom. The molecule has 29 heavy (non-hydrogen) atoms. The van der Waals surface area contributed by atoms with E-state index in [1.807, 2.05) is 31.3 Å². The summed E-state index contributed by atoms with van der Waals surface area (Å²) in [5, 5.41) is 9.50. The maximum absolute atomic E-state index is 13.8. The van der Waals surface area contributed by atoms with Gasteiger partial charge in [-0.3, -0.25) is 0 Å². The molecule has 1 saturated heterocycles. The fourth-order valence-corrected chi connectivity index (χ4v) is 4.91. The van der Waals surface area contributed by atoms with Crippen LogP contribution in [0.1, 0.15) is 18.4 Å². The lowest BCUT2D eigenvalue weighted by Gasteiger charge is -2.33. The molecule has 0 aliphatic carbocycles. The Hall–Kier alpha value is -1.90. The van der Waals surface area contributed by atoms with Crippen LogP contribution in [0, 0.1) is 0 Å². The minimum Gasteiger partial charge on any atom is -0.382 e.